The van der Waals surface area contributed by atoms with Gasteiger partial charge in [0.15, 0.2) is 0 Å². The van der Waals surface area contributed by atoms with Crippen LogP contribution in [-0.4, -0.2) is 34.7 Å². The largest absolute Gasteiger partial charge is 0.334 e. The number of nitrogens with zero attached hydrogens (tertiary/aromatic N) is 4. The Balaban J connectivity index is 1.96. The van der Waals surface area contributed by atoms with E-state index in [1.165, 1.54) is 6.08 Å². The molecular weight excluding hydrogens is 448 g/mol. The van der Waals surface area contributed by atoms with Crippen molar-refractivity contribution in [2.75, 3.05) is 13.1 Å². The van der Waals surface area contributed by atoms with E-state index in [2.05, 4.69) is 12.1 Å². The molecule has 0 bridgehead atoms. The van der Waals surface area contributed by atoms with Gasteiger partial charge in [0.2, 0.25) is 5.91 Å². The first-order valence-corrected chi connectivity index (χ1v) is 11.8. The van der Waals surface area contributed by atoms with Crippen molar-refractivity contribution in [3.63, 3.8) is 0 Å². The van der Waals surface area contributed by atoms with Crippen LogP contribution in [0.15, 0.2) is 97.1 Å². The van der Waals surface area contributed by atoms with Crippen LogP contribution in [0.4, 0.5) is 0 Å². The van der Waals surface area contributed by atoms with Gasteiger partial charge in [-0.05, 0) is 16.7 Å². The summed E-state index contributed by atoms with van der Waals surface area (Å²) in [7, 11) is 0. The van der Waals surface area contributed by atoms with E-state index in [0.29, 0.717) is 18.7 Å². The molecule has 0 unspecified atom stereocenters. The molecule has 0 aliphatic heterocycles. The van der Waals surface area contributed by atoms with Crippen molar-refractivity contribution >= 4 is 17.4 Å². The number of hydrogen-bond donors (Lipinski definition) is 0. The van der Waals surface area contributed by atoms with Gasteiger partial charge in [0, 0.05) is 32.3 Å². The molecule has 6 heteroatoms. The van der Waals surface area contributed by atoms with Crippen LogP contribution >= 0.6 is 0 Å². The lowest BCUT2D eigenvalue weighted by Crippen LogP contribution is -2.34. The summed E-state index contributed by atoms with van der Waals surface area (Å²) < 4.78 is 0. The SMILES string of the molecule is N#CCCN(Cc1ccccc1)C(=O)/C=C(/C(=O)N(CCC#N)Cc1ccccc1)c1ccccc1. The quantitative estimate of drug-likeness (QED) is 0.366. The van der Waals surface area contributed by atoms with E-state index < -0.39 is 0 Å². The zero-order valence-electron chi connectivity index (χ0n) is 20.1. The van der Waals surface area contributed by atoms with Crippen molar-refractivity contribution in [1.29, 1.82) is 10.5 Å². The van der Waals surface area contributed by atoms with Gasteiger partial charge in [-0.1, -0.05) is 91.0 Å². The summed E-state index contributed by atoms with van der Waals surface area (Å²) in [5, 5.41) is 18.3. The molecule has 36 heavy (non-hydrogen) atoms. The highest BCUT2D eigenvalue weighted by atomic mass is 16.2. The van der Waals surface area contributed by atoms with Crippen LogP contribution < -0.4 is 0 Å². The monoisotopic (exact) mass is 476 g/mol. The van der Waals surface area contributed by atoms with E-state index in [4.69, 9.17) is 10.5 Å². The Bertz CT molecular complexity index is 1240. The third-order valence-electron chi connectivity index (χ3n) is 5.60. The zero-order valence-corrected chi connectivity index (χ0v) is 20.1. The van der Waals surface area contributed by atoms with E-state index in [9.17, 15) is 9.59 Å². The minimum absolute atomic E-state index is 0.177. The van der Waals surface area contributed by atoms with Gasteiger partial charge in [0.05, 0.1) is 30.6 Å². The van der Waals surface area contributed by atoms with Crippen LogP contribution in [0.3, 0.4) is 0 Å². The Morgan fingerprint density at radius 3 is 1.61 bits per heavy atom. The van der Waals surface area contributed by atoms with E-state index >= 15 is 0 Å². The second-order valence-electron chi connectivity index (χ2n) is 8.20. The summed E-state index contributed by atoms with van der Waals surface area (Å²) in [6.07, 6.45) is 1.72. The lowest BCUT2D eigenvalue weighted by atomic mass is 10.0. The summed E-state index contributed by atoms with van der Waals surface area (Å²) in [5.74, 6) is -0.671. The van der Waals surface area contributed by atoms with E-state index in [0.717, 1.165) is 11.1 Å². The fraction of sp³-hybridized carbons (Fsp3) is 0.200. The average Bonchev–Trinajstić information content (AvgIpc) is 2.93. The van der Waals surface area contributed by atoms with Crippen LogP contribution in [0, 0.1) is 22.7 Å². The lowest BCUT2D eigenvalue weighted by molar-refractivity contribution is -0.128. The number of carbonyl (C=O) groups is 2. The smallest absolute Gasteiger partial charge is 0.254 e. The van der Waals surface area contributed by atoms with Crippen molar-refractivity contribution in [2.45, 2.75) is 25.9 Å². The fourth-order valence-corrected chi connectivity index (χ4v) is 3.77. The van der Waals surface area contributed by atoms with E-state index in [1.807, 2.05) is 78.9 Å². The third kappa shape index (κ3) is 7.68. The van der Waals surface area contributed by atoms with Crippen molar-refractivity contribution in [1.82, 2.24) is 9.80 Å². The molecule has 0 aliphatic carbocycles. The molecular formula is C30H28N4O2. The molecule has 6 nitrogen and oxygen atoms in total. The summed E-state index contributed by atoms with van der Waals surface area (Å²) in [5.41, 5.74) is 2.74. The molecule has 0 aliphatic rings. The number of hydrogen-bond acceptors (Lipinski definition) is 4. The molecule has 3 aromatic carbocycles. The molecule has 0 heterocycles. The van der Waals surface area contributed by atoms with Gasteiger partial charge in [-0.2, -0.15) is 10.5 Å². The number of rotatable bonds is 11. The number of amides is 2. The van der Waals surface area contributed by atoms with Crippen molar-refractivity contribution < 1.29 is 9.59 Å². The first kappa shape index (κ1) is 25.9. The van der Waals surface area contributed by atoms with Crippen LogP contribution in [-0.2, 0) is 22.7 Å². The maximum atomic E-state index is 13.8. The molecule has 180 valence electrons. The van der Waals surface area contributed by atoms with Gasteiger partial charge >= 0.3 is 0 Å². The Hall–Kier alpha value is -4.68. The molecule has 0 saturated heterocycles. The maximum Gasteiger partial charge on any atom is 0.254 e. The van der Waals surface area contributed by atoms with Crippen molar-refractivity contribution in [2.24, 2.45) is 0 Å². The second kappa shape index (κ2) is 13.9. The summed E-state index contributed by atoms with van der Waals surface area (Å²) in [6, 6.07) is 32.3. The molecule has 0 fully saturated rings. The standard InChI is InChI=1S/C30H28N4O2/c31-18-10-20-33(23-25-12-4-1-5-13-25)29(35)22-28(27-16-8-3-9-17-27)30(36)34(21-11-19-32)24-26-14-6-2-7-15-26/h1-9,12-17,22H,10-11,20-21,23-24H2/b28-22+. The van der Waals surface area contributed by atoms with Gasteiger partial charge in [-0.15, -0.1) is 0 Å². The van der Waals surface area contributed by atoms with Crippen LogP contribution in [0.25, 0.3) is 5.57 Å². The minimum Gasteiger partial charge on any atom is -0.334 e. The van der Waals surface area contributed by atoms with Crippen molar-refractivity contribution in [3.8, 4) is 12.1 Å². The minimum atomic E-state index is -0.346. The summed E-state index contributed by atoms with van der Waals surface area (Å²) in [4.78, 5) is 30.4. The summed E-state index contributed by atoms with van der Waals surface area (Å²) >= 11 is 0. The number of benzene rings is 3. The third-order valence-corrected chi connectivity index (χ3v) is 5.60. The zero-order chi connectivity index (χ0) is 25.6. The predicted molar refractivity (Wildman–Crippen MR) is 139 cm³/mol. The lowest BCUT2D eigenvalue weighted by Gasteiger charge is -2.25. The predicted octanol–water partition coefficient (Wildman–Crippen LogP) is 4.95. The highest BCUT2D eigenvalue weighted by Crippen LogP contribution is 2.20. The molecule has 3 aromatic rings. The van der Waals surface area contributed by atoms with Crippen LogP contribution in [0.1, 0.15) is 29.5 Å². The molecule has 2 amide bonds. The highest BCUT2D eigenvalue weighted by Gasteiger charge is 2.23. The molecule has 0 saturated carbocycles. The molecule has 0 spiro atoms. The highest BCUT2D eigenvalue weighted by molar-refractivity contribution is 6.23. The Morgan fingerprint density at radius 1 is 0.667 bits per heavy atom. The first-order chi connectivity index (χ1) is 17.6. The second-order valence-corrected chi connectivity index (χ2v) is 8.20. The molecule has 3 rings (SSSR count). The Labute approximate surface area is 212 Å². The van der Waals surface area contributed by atoms with Gasteiger partial charge < -0.3 is 9.80 Å². The van der Waals surface area contributed by atoms with Gasteiger partial charge in [-0.3, -0.25) is 9.59 Å². The molecule has 0 aromatic heterocycles. The summed E-state index contributed by atoms with van der Waals surface area (Å²) in [6.45, 7) is 1.14. The van der Waals surface area contributed by atoms with Crippen LogP contribution in [0.5, 0.6) is 0 Å². The molecule has 0 N–H and O–H groups in total. The average molecular weight is 477 g/mol. The number of carbonyl (C=O) groups excluding carboxylic acids is 2. The number of nitriles is 2. The van der Waals surface area contributed by atoms with Gasteiger partial charge in [0.25, 0.3) is 5.91 Å². The first-order valence-electron chi connectivity index (χ1n) is 11.8. The van der Waals surface area contributed by atoms with E-state index in [-0.39, 0.29) is 43.3 Å². The van der Waals surface area contributed by atoms with E-state index in [1.54, 1.807) is 21.9 Å². The Morgan fingerprint density at radius 2 is 1.11 bits per heavy atom. The normalized spacial score (nSPS) is 10.7. The topological polar surface area (TPSA) is 88.2 Å². The van der Waals surface area contributed by atoms with Gasteiger partial charge in [-0.25, -0.2) is 0 Å². The maximum absolute atomic E-state index is 13.8. The van der Waals surface area contributed by atoms with Crippen molar-refractivity contribution in [3.05, 3.63) is 114 Å². The van der Waals surface area contributed by atoms with Crippen LogP contribution in [0.2, 0.25) is 0 Å². The molecule has 0 atom stereocenters. The molecule has 0 radical (unpaired) electrons. The fourth-order valence-electron chi connectivity index (χ4n) is 3.77. The van der Waals surface area contributed by atoms with Gasteiger partial charge in [0.1, 0.15) is 0 Å². The Kier molecular flexibility index (Phi) is 10.0.